The molecule has 270 valence electrons. The third-order valence-electron chi connectivity index (χ3n) is 11.8. The number of ketones is 1. The molecule has 14 heteroatoms. The third kappa shape index (κ3) is 8.00. The average molecular weight is 693 g/mol. The number of nitrogens with two attached hydrogens (primary N) is 1. The van der Waals surface area contributed by atoms with Gasteiger partial charge < -0.3 is 26.6 Å². The molecule has 0 aromatic carbocycles. The number of carbonyl (C=O) groups excluding carboxylic acids is 5. The normalized spacial score (nSPS) is 28.8. The van der Waals surface area contributed by atoms with E-state index < -0.39 is 63.2 Å². The molecule has 5 N–H and O–H groups in total. The summed E-state index contributed by atoms with van der Waals surface area (Å²) in [5.74, 6) is -2.54. The van der Waals surface area contributed by atoms with Gasteiger partial charge in [0.1, 0.15) is 12.1 Å². The number of likely N-dealkylation sites (tertiary alicyclic amines) is 1. The predicted molar refractivity (Wildman–Crippen MR) is 180 cm³/mol. The Morgan fingerprint density at radius 1 is 0.917 bits per heavy atom. The molecular weight excluding hydrogens is 636 g/mol. The Balaban J connectivity index is 1.35. The highest BCUT2D eigenvalue weighted by Crippen LogP contribution is 2.65. The molecule has 1 unspecified atom stereocenters. The molecule has 5 rings (SSSR count). The van der Waals surface area contributed by atoms with Crippen molar-refractivity contribution in [1.82, 2.24) is 25.2 Å². The van der Waals surface area contributed by atoms with E-state index in [0.29, 0.717) is 25.9 Å². The summed E-state index contributed by atoms with van der Waals surface area (Å²) in [4.78, 5) is 68.4. The van der Waals surface area contributed by atoms with Gasteiger partial charge in [0.05, 0.1) is 11.8 Å². The van der Waals surface area contributed by atoms with Crippen LogP contribution in [0.3, 0.4) is 0 Å². The molecule has 48 heavy (non-hydrogen) atoms. The predicted octanol–water partition coefficient (Wildman–Crippen LogP) is 1.90. The zero-order valence-electron chi connectivity index (χ0n) is 29.3. The molecule has 0 bridgehead atoms. The van der Waals surface area contributed by atoms with Crippen LogP contribution in [-0.2, 0) is 29.2 Å². The monoisotopic (exact) mass is 692 g/mol. The Kier molecular flexibility index (Phi) is 10.6. The topological polar surface area (TPSA) is 188 Å². The number of nitrogens with one attached hydrogen (secondary N) is 3. The molecule has 2 heterocycles. The molecule has 0 spiro atoms. The highest BCUT2D eigenvalue weighted by molar-refractivity contribution is 7.89. The average Bonchev–Trinajstić information content (AvgIpc) is 3.86. The van der Waals surface area contributed by atoms with Crippen LogP contribution in [0.1, 0.15) is 98.8 Å². The molecule has 3 aliphatic carbocycles. The zero-order valence-corrected chi connectivity index (χ0v) is 30.1. The first-order chi connectivity index (χ1) is 22.4. The van der Waals surface area contributed by atoms with Crippen molar-refractivity contribution in [2.45, 2.75) is 123 Å². The number of hydrogen-bond acceptors (Lipinski definition) is 7. The number of fused-ring (bicyclic) bond motifs is 1. The van der Waals surface area contributed by atoms with Crippen molar-refractivity contribution in [1.29, 1.82) is 0 Å². The van der Waals surface area contributed by atoms with Crippen molar-refractivity contribution in [2.24, 2.45) is 40.2 Å². The largest absolute Gasteiger partial charge is 0.363 e. The van der Waals surface area contributed by atoms with E-state index in [1.165, 1.54) is 4.31 Å². The van der Waals surface area contributed by atoms with E-state index >= 15 is 0 Å². The van der Waals surface area contributed by atoms with Crippen LogP contribution in [0.4, 0.5) is 4.79 Å². The summed E-state index contributed by atoms with van der Waals surface area (Å²) < 4.78 is 27.0. The van der Waals surface area contributed by atoms with Crippen molar-refractivity contribution >= 4 is 39.6 Å². The minimum atomic E-state index is -3.41. The minimum absolute atomic E-state index is 0.0866. The summed E-state index contributed by atoms with van der Waals surface area (Å²) in [5, 5.41) is 8.80. The fraction of sp³-hybridized carbons (Fsp3) is 0.853. The molecule has 6 atom stereocenters. The van der Waals surface area contributed by atoms with Crippen LogP contribution in [0.25, 0.3) is 0 Å². The second kappa shape index (κ2) is 13.9. The van der Waals surface area contributed by atoms with Crippen LogP contribution in [0.5, 0.6) is 0 Å². The first-order valence-electron chi connectivity index (χ1n) is 17.9. The number of rotatable bonds is 12. The lowest BCUT2D eigenvalue weighted by molar-refractivity contribution is -0.144. The standard InChI is InChI=1S/C34H56N6O7S/c1-33(2,3)24(19-39-15-9-10-16-48(39,46)47)37-32(45)38-26(21-11-7-6-8-12-21)31(44)40-18-22-25(34(22,4)5)27(40)30(43)36-23(17-20-13-14-20)28(41)29(35)42/h20-27H,6-19H2,1-5H3,(H2,35,42)(H,36,43)(H2,37,38,45)/t22-,23?,24+,25-,26-,27-/m0/s1. The lowest BCUT2D eigenvalue weighted by Crippen LogP contribution is -2.62. The van der Waals surface area contributed by atoms with Crippen LogP contribution in [0, 0.1) is 34.5 Å². The van der Waals surface area contributed by atoms with Crippen LogP contribution in [0.15, 0.2) is 0 Å². The molecule has 0 radical (unpaired) electrons. The van der Waals surface area contributed by atoms with Gasteiger partial charge in [-0.1, -0.05) is 66.7 Å². The maximum absolute atomic E-state index is 14.5. The Labute approximate surface area is 285 Å². The van der Waals surface area contributed by atoms with E-state index in [2.05, 4.69) is 29.8 Å². The molecule has 0 aromatic heterocycles. The van der Waals surface area contributed by atoms with Crippen LogP contribution in [0.2, 0.25) is 0 Å². The van der Waals surface area contributed by atoms with Crippen molar-refractivity contribution in [3.63, 3.8) is 0 Å². The van der Waals surface area contributed by atoms with E-state index in [4.69, 9.17) is 5.73 Å². The summed E-state index contributed by atoms with van der Waals surface area (Å²) in [6.07, 6.45) is 7.98. The van der Waals surface area contributed by atoms with Gasteiger partial charge in [0.15, 0.2) is 0 Å². The molecule has 5 aliphatic rings. The second-order valence-electron chi connectivity index (χ2n) is 16.7. The SMILES string of the molecule is CC(C)(C)[C@@H](CN1CCCCS1(=O)=O)NC(=O)N[C@H](C(=O)N1C[C@H]2[C@@H]([C@H]1C(=O)NC(CC1CC1)C(=O)C(N)=O)C2(C)C)C1CCCCC1. The number of amides is 5. The number of hydrogen-bond donors (Lipinski definition) is 4. The summed E-state index contributed by atoms with van der Waals surface area (Å²) in [5.41, 5.74) is 4.67. The van der Waals surface area contributed by atoms with E-state index in [-0.39, 0.29) is 47.3 Å². The van der Waals surface area contributed by atoms with Gasteiger partial charge in [-0.2, -0.15) is 4.31 Å². The number of urea groups is 1. The fourth-order valence-electron chi connectivity index (χ4n) is 8.31. The molecule has 2 aliphatic heterocycles. The van der Waals surface area contributed by atoms with Gasteiger partial charge in [-0.25, -0.2) is 13.2 Å². The Morgan fingerprint density at radius 2 is 1.58 bits per heavy atom. The molecule has 5 amide bonds. The van der Waals surface area contributed by atoms with Gasteiger partial charge in [0.2, 0.25) is 27.6 Å². The lowest BCUT2D eigenvalue weighted by Gasteiger charge is -2.39. The van der Waals surface area contributed by atoms with Gasteiger partial charge in [0, 0.05) is 25.7 Å². The quantitative estimate of drug-likeness (QED) is 0.225. The Morgan fingerprint density at radius 3 is 2.17 bits per heavy atom. The number of sulfonamides is 1. The third-order valence-corrected chi connectivity index (χ3v) is 13.7. The first kappa shape index (κ1) is 36.5. The van der Waals surface area contributed by atoms with Crippen molar-refractivity contribution < 1.29 is 32.4 Å². The molecule has 0 aromatic rings. The van der Waals surface area contributed by atoms with Gasteiger partial charge in [-0.05, 0) is 66.6 Å². The van der Waals surface area contributed by atoms with E-state index in [0.717, 1.165) is 51.4 Å². The van der Waals surface area contributed by atoms with Gasteiger partial charge in [-0.15, -0.1) is 0 Å². The number of nitrogens with zero attached hydrogens (tertiary/aromatic N) is 2. The van der Waals surface area contributed by atoms with E-state index in [9.17, 15) is 32.4 Å². The highest BCUT2D eigenvalue weighted by Gasteiger charge is 2.69. The smallest absolute Gasteiger partial charge is 0.315 e. The van der Waals surface area contributed by atoms with E-state index in [1.807, 2.05) is 20.8 Å². The van der Waals surface area contributed by atoms with Gasteiger partial charge in [-0.3, -0.25) is 19.2 Å². The number of Topliss-reactive ketones (excluding diaryl/α,β-unsaturated/α-hetero) is 1. The Hall–Kier alpha value is -2.74. The molecule has 3 saturated carbocycles. The molecule has 5 fully saturated rings. The summed E-state index contributed by atoms with van der Waals surface area (Å²) in [6, 6.07) is -3.82. The maximum atomic E-state index is 14.5. The second-order valence-corrected chi connectivity index (χ2v) is 18.7. The summed E-state index contributed by atoms with van der Waals surface area (Å²) >= 11 is 0. The molecule has 2 saturated heterocycles. The Bertz CT molecular complexity index is 1380. The lowest BCUT2D eigenvalue weighted by atomic mass is 9.83. The van der Waals surface area contributed by atoms with Crippen molar-refractivity contribution in [3.05, 3.63) is 0 Å². The van der Waals surface area contributed by atoms with E-state index in [1.54, 1.807) is 4.90 Å². The highest BCUT2D eigenvalue weighted by atomic mass is 32.2. The number of piperidine rings is 1. The van der Waals surface area contributed by atoms with Crippen molar-refractivity contribution in [2.75, 3.05) is 25.4 Å². The fourth-order valence-corrected chi connectivity index (χ4v) is 9.92. The number of primary amides is 1. The first-order valence-corrected chi connectivity index (χ1v) is 19.5. The minimum Gasteiger partial charge on any atom is -0.363 e. The molecular formula is C34H56N6O7S. The van der Waals surface area contributed by atoms with Crippen LogP contribution in [-0.4, -0.2) is 96.7 Å². The summed E-state index contributed by atoms with van der Waals surface area (Å²) in [7, 11) is -3.41. The summed E-state index contributed by atoms with van der Waals surface area (Å²) in [6.45, 7) is 10.9. The van der Waals surface area contributed by atoms with Gasteiger partial charge in [0.25, 0.3) is 5.91 Å². The molecule has 13 nitrogen and oxygen atoms in total. The van der Waals surface area contributed by atoms with Crippen LogP contribution >= 0.6 is 0 Å². The van der Waals surface area contributed by atoms with Crippen LogP contribution < -0.4 is 21.7 Å². The number of carbonyl (C=O) groups is 5. The maximum Gasteiger partial charge on any atom is 0.315 e. The zero-order chi connectivity index (χ0) is 35.2. The van der Waals surface area contributed by atoms with Crippen molar-refractivity contribution in [3.8, 4) is 0 Å². The van der Waals surface area contributed by atoms with Gasteiger partial charge >= 0.3 is 6.03 Å².